The smallest absolute Gasteiger partial charge is 0.196 e. The molecule has 4 rings (SSSR count). The predicted octanol–water partition coefficient (Wildman–Crippen LogP) is 6.62. The van der Waals surface area contributed by atoms with E-state index in [2.05, 4.69) is 0 Å². The summed E-state index contributed by atoms with van der Waals surface area (Å²) in [5.41, 5.74) is 9.98. The Labute approximate surface area is 188 Å². The third-order valence-corrected chi connectivity index (χ3v) is 6.38. The van der Waals surface area contributed by atoms with Crippen LogP contribution in [0, 0.1) is 5.82 Å². The molecule has 1 aromatic heterocycles. The van der Waals surface area contributed by atoms with Crippen molar-refractivity contribution in [3.63, 3.8) is 0 Å². The number of anilines is 1. The SMILES string of the molecule is COc1ccc(Cc2c(-c3ccc(F)cc3)sc(N)c2C(=O)c2ccc(Cl)cc2)cc1. The van der Waals surface area contributed by atoms with Gasteiger partial charge in [-0.05, 0) is 71.6 Å². The lowest BCUT2D eigenvalue weighted by atomic mass is 9.94. The normalized spacial score (nSPS) is 10.8. The molecule has 2 N–H and O–H groups in total. The standard InChI is InChI=1S/C25H19ClFNO2S/c1-30-20-12-2-15(3-13-20)14-21-22(23(29)16-4-8-18(26)9-5-16)25(28)31-24(21)17-6-10-19(27)11-7-17/h2-13H,14,28H2,1H3. The van der Waals surface area contributed by atoms with E-state index in [9.17, 15) is 9.18 Å². The van der Waals surface area contributed by atoms with Gasteiger partial charge in [-0.25, -0.2) is 4.39 Å². The number of nitrogens with two attached hydrogens (primary N) is 1. The molecule has 3 nitrogen and oxygen atoms in total. The van der Waals surface area contributed by atoms with Crippen LogP contribution in [0.4, 0.5) is 9.39 Å². The van der Waals surface area contributed by atoms with E-state index >= 15 is 0 Å². The number of carbonyl (C=O) groups excluding carboxylic acids is 1. The molecule has 0 aliphatic heterocycles. The Bertz CT molecular complexity index is 1220. The number of nitrogen functional groups attached to an aromatic ring is 1. The average Bonchev–Trinajstić information content (AvgIpc) is 3.10. The number of hydrogen-bond acceptors (Lipinski definition) is 4. The zero-order chi connectivity index (χ0) is 22.0. The fourth-order valence-electron chi connectivity index (χ4n) is 3.43. The van der Waals surface area contributed by atoms with Gasteiger partial charge >= 0.3 is 0 Å². The van der Waals surface area contributed by atoms with Gasteiger partial charge in [-0.2, -0.15) is 0 Å². The number of halogens is 2. The number of methoxy groups -OCH3 is 1. The molecule has 31 heavy (non-hydrogen) atoms. The van der Waals surface area contributed by atoms with Crippen LogP contribution in [-0.4, -0.2) is 12.9 Å². The molecule has 0 aliphatic carbocycles. The Morgan fingerprint density at radius 3 is 2.26 bits per heavy atom. The second-order valence-electron chi connectivity index (χ2n) is 7.02. The monoisotopic (exact) mass is 451 g/mol. The second kappa shape index (κ2) is 8.92. The maximum atomic E-state index is 13.5. The summed E-state index contributed by atoms with van der Waals surface area (Å²) in [4.78, 5) is 14.2. The van der Waals surface area contributed by atoms with Crippen LogP contribution in [0.25, 0.3) is 10.4 Å². The van der Waals surface area contributed by atoms with E-state index in [1.807, 2.05) is 24.3 Å². The minimum absolute atomic E-state index is 0.165. The number of carbonyl (C=O) groups is 1. The van der Waals surface area contributed by atoms with Gasteiger partial charge in [-0.15, -0.1) is 11.3 Å². The third-order valence-electron chi connectivity index (χ3n) is 5.01. The van der Waals surface area contributed by atoms with Crippen molar-refractivity contribution in [2.24, 2.45) is 0 Å². The van der Waals surface area contributed by atoms with Gasteiger partial charge in [-0.3, -0.25) is 4.79 Å². The molecule has 0 amide bonds. The molecule has 156 valence electrons. The summed E-state index contributed by atoms with van der Waals surface area (Å²) in [6.45, 7) is 0. The van der Waals surface area contributed by atoms with Crippen molar-refractivity contribution in [2.45, 2.75) is 6.42 Å². The van der Waals surface area contributed by atoms with E-state index < -0.39 is 0 Å². The Morgan fingerprint density at radius 2 is 1.65 bits per heavy atom. The maximum absolute atomic E-state index is 13.5. The summed E-state index contributed by atoms with van der Waals surface area (Å²) in [6.07, 6.45) is 0.499. The van der Waals surface area contributed by atoms with Crippen LogP contribution in [-0.2, 0) is 6.42 Å². The van der Waals surface area contributed by atoms with Crippen LogP contribution in [0.1, 0.15) is 27.0 Å². The molecule has 0 spiro atoms. The lowest BCUT2D eigenvalue weighted by molar-refractivity contribution is 0.103. The number of ether oxygens (including phenoxy) is 1. The van der Waals surface area contributed by atoms with Crippen molar-refractivity contribution >= 4 is 33.7 Å². The van der Waals surface area contributed by atoms with Gasteiger partial charge < -0.3 is 10.5 Å². The third kappa shape index (κ3) is 4.48. The summed E-state index contributed by atoms with van der Waals surface area (Å²) in [6, 6.07) is 20.6. The molecule has 0 aliphatic rings. The Morgan fingerprint density at radius 1 is 1.00 bits per heavy atom. The van der Waals surface area contributed by atoms with Gasteiger partial charge in [0, 0.05) is 15.5 Å². The molecular formula is C25H19ClFNO2S. The van der Waals surface area contributed by atoms with Crippen molar-refractivity contribution in [3.8, 4) is 16.2 Å². The predicted molar refractivity (Wildman–Crippen MR) is 125 cm³/mol. The number of rotatable bonds is 6. The molecule has 0 saturated carbocycles. The Kier molecular flexibility index (Phi) is 6.07. The molecule has 3 aromatic carbocycles. The summed E-state index contributed by atoms with van der Waals surface area (Å²) in [7, 11) is 1.62. The van der Waals surface area contributed by atoms with Gasteiger partial charge in [0.15, 0.2) is 5.78 Å². The highest BCUT2D eigenvalue weighted by Crippen LogP contribution is 2.41. The molecule has 0 unspecified atom stereocenters. The average molecular weight is 452 g/mol. The van der Waals surface area contributed by atoms with E-state index in [4.69, 9.17) is 22.1 Å². The summed E-state index contributed by atoms with van der Waals surface area (Å²) < 4.78 is 18.7. The maximum Gasteiger partial charge on any atom is 0.196 e. The van der Waals surface area contributed by atoms with E-state index in [-0.39, 0.29) is 11.6 Å². The van der Waals surface area contributed by atoms with Crippen LogP contribution in [0.5, 0.6) is 5.75 Å². The highest BCUT2D eigenvalue weighted by molar-refractivity contribution is 7.20. The molecule has 0 fully saturated rings. The van der Waals surface area contributed by atoms with Crippen LogP contribution >= 0.6 is 22.9 Å². The summed E-state index contributed by atoms with van der Waals surface area (Å²) in [5, 5.41) is 0.989. The van der Waals surface area contributed by atoms with Crippen molar-refractivity contribution in [2.75, 3.05) is 12.8 Å². The minimum Gasteiger partial charge on any atom is -0.497 e. The van der Waals surface area contributed by atoms with Gasteiger partial charge in [0.2, 0.25) is 0 Å². The fraction of sp³-hybridized carbons (Fsp3) is 0.0800. The molecule has 6 heteroatoms. The highest BCUT2D eigenvalue weighted by atomic mass is 35.5. The molecule has 0 bridgehead atoms. The Balaban J connectivity index is 1.83. The first-order valence-electron chi connectivity index (χ1n) is 9.56. The van der Waals surface area contributed by atoms with E-state index in [0.29, 0.717) is 27.6 Å². The zero-order valence-electron chi connectivity index (χ0n) is 16.7. The number of ketones is 1. The highest BCUT2D eigenvalue weighted by Gasteiger charge is 2.24. The van der Waals surface area contributed by atoms with Crippen molar-refractivity contribution in [1.82, 2.24) is 0 Å². The summed E-state index contributed by atoms with van der Waals surface area (Å²) >= 11 is 7.32. The molecule has 4 aromatic rings. The number of thiophene rings is 1. The van der Waals surface area contributed by atoms with Gasteiger partial charge in [0.25, 0.3) is 0 Å². The van der Waals surface area contributed by atoms with E-state index in [1.165, 1.54) is 23.5 Å². The van der Waals surface area contributed by atoms with Gasteiger partial charge in [0.1, 0.15) is 11.6 Å². The van der Waals surface area contributed by atoms with Gasteiger partial charge in [-0.1, -0.05) is 35.9 Å². The summed E-state index contributed by atoms with van der Waals surface area (Å²) in [5.74, 6) is 0.273. The van der Waals surface area contributed by atoms with Crippen LogP contribution in [0.2, 0.25) is 5.02 Å². The van der Waals surface area contributed by atoms with E-state index in [0.717, 1.165) is 27.3 Å². The van der Waals surface area contributed by atoms with Crippen LogP contribution in [0.15, 0.2) is 72.8 Å². The quantitative estimate of drug-likeness (QED) is 0.335. The first kappa shape index (κ1) is 21.1. The molecule has 0 saturated heterocycles. The largest absolute Gasteiger partial charge is 0.497 e. The molecule has 1 heterocycles. The lowest BCUT2D eigenvalue weighted by Crippen LogP contribution is -2.07. The first-order chi connectivity index (χ1) is 15.0. The zero-order valence-corrected chi connectivity index (χ0v) is 18.3. The van der Waals surface area contributed by atoms with Crippen molar-refractivity contribution in [1.29, 1.82) is 0 Å². The van der Waals surface area contributed by atoms with Crippen LogP contribution < -0.4 is 10.5 Å². The number of hydrogen-bond donors (Lipinski definition) is 1. The van der Waals surface area contributed by atoms with Crippen LogP contribution in [0.3, 0.4) is 0 Å². The first-order valence-corrected chi connectivity index (χ1v) is 10.8. The molecule has 0 atom stereocenters. The molecule has 0 radical (unpaired) electrons. The lowest BCUT2D eigenvalue weighted by Gasteiger charge is -2.10. The number of benzene rings is 3. The minimum atomic E-state index is -0.317. The molecular weight excluding hydrogens is 433 g/mol. The Hall–Kier alpha value is -3.15. The fourth-order valence-corrected chi connectivity index (χ4v) is 4.65. The topological polar surface area (TPSA) is 52.3 Å². The second-order valence-corrected chi connectivity index (χ2v) is 8.51. The van der Waals surface area contributed by atoms with Crippen molar-refractivity contribution in [3.05, 3.63) is 106 Å². The van der Waals surface area contributed by atoms with E-state index in [1.54, 1.807) is 43.5 Å². The van der Waals surface area contributed by atoms with Crippen molar-refractivity contribution < 1.29 is 13.9 Å². The van der Waals surface area contributed by atoms with Gasteiger partial charge in [0.05, 0.1) is 17.7 Å².